The second-order valence-electron chi connectivity index (χ2n) is 3.44. The van der Waals surface area contributed by atoms with Gasteiger partial charge >= 0.3 is 5.97 Å². The average Bonchev–Trinajstić information content (AvgIpc) is 2.59. The van der Waals surface area contributed by atoms with E-state index in [2.05, 4.69) is 21.2 Å². The van der Waals surface area contributed by atoms with Crippen molar-refractivity contribution in [3.63, 3.8) is 0 Å². The van der Waals surface area contributed by atoms with Crippen LogP contribution in [0.25, 0.3) is 0 Å². The van der Waals surface area contributed by atoms with E-state index in [1.807, 2.05) is 25.3 Å². The predicted molar refractivity (Wildman–Crippen MR) is 65.0 cm³/mol. The Morgan fingerprint density at radius 2 is 2.27 bits per heavy atom. The minimum Gasteiger partial charge on any atom is -0.468 e. The van der Waals surface area contributed by atoms with Gasteiger partial charge in [0.25, 0.3) is 0 Å². The van der Waals surface area contributed by atoms with Crippen molar-refractivity contribution in [1.29, 1.82) is 0 Å². The minimum atomic E-state index is -0.369. The van der Waals surface area contributed by atoms with Crippen molar-refractivity contribution in [2.45, 2.75) is 25.9 Å². The van der Waals surface area contributed by atoms with E-state index in [-0.39, 0.29) is 18.1 Å². The molecule has 0 aromatic carbocycles. The van der Waals surface area contributed by atoms with E-state index >= 15 is 0 Å². The van der Waals surface area contributed by atoms with Gasteiger partial charge < -0.3 is 4.74 Å². The molecule has 0 aliphatic carbocycles. The summed E-state index contributed by atoms with van der Waals surface area (Å²) in [6.45, 7) is 4.00. The van der Waals surface area contributed by atoms with E-state index in [0.29, 0.717) is 0 Å². The maximum absolute atomic E-state index is 11.6. The molecule has 1 atom stereocenters. The first kappa shape index (κ1) is 12.7. The first-order valence-electron chi connectivity index (χ1n) is 4.62. The summed E-state index contributed by atoms with van der Waals surface area (Å²) in [4.78, 5) is 12.5. The Kier molecular flexibility index (Phi) is 4.76. The molecule has 0 amide bonds. The Bertz CT molecular complexity index is 338. The van der Waals surface area contributed by atoms with Gasteiger partial charge in [-0.15, -0.1) is 11.3 Å². The van der Waals surface area contributed by atoms with Crippen LogP contribution in [0.15, 0.2) is 15.9 Å². The first-order valence-corrected chi connectivity index (χ1v) is 6.29. The highest BCUT2D eigenvalue weighted by Gasteiger charge is 2.23. The van der Waals surface area contributed by atoms with Gasteiger partial charge in [-0.05, 0) is 35.8 Å². The number of halogens is 1. The van der Waals surface area contributed by atoms with Gasteiger partial charge in [-0.2, -0.15) is 0 Å². The van der Waals surface area contributed by atoms with Gasteiger partial charge in [0, 0.05) is 20.8 Å². The first-order chi connectivity index (χ1) is 7.04. The highest BCUT2D eigenvalue weighted by molar-refractivity contribution is 9.10. The molecular weight excluding hydrogens is 278 g/mol. The largest absolute Gasteiger partial charge is 0.468 e. The fourth-order valence-electron chi connectivity index (χ4n) is 1.20. The number of thiophene rings is 1. The fraction of sp³-hybridized carbons (Fsp3) is 0.500. The molecule has 0 fully saturated rings. The quantitative estimate of drug-likeness (QED) is 0.867. The molecule has 1 rings (SSSR count). The normalized spacial score (nSPS) is 12.9. The van der Waals surface area contributed by atoms with Gasteiger partial charge in [-0.1, -0.05) is 0 Å². The minimum absolute atomic E-state index is 0.231. The molecule has 84 valence electrons. The van der Waals surface area contributed by atoms with Crippen LogP contribution < -0.4 is 5.32 Å². The molecule has 0 bridgehead atoms. The highest BCUT2D eigenvalue weighted by atomic mass is 79.9. The molecule has 0 aliphatic heterocycles. The summed E-state index contributed by atoms with van der Waals surface area (Å²) in [7, 11) is 1.40. The fourth-order valence-corrected chi connectivity index (χ4v) is 2.69. The van der Waals surface area contributed by atoms with E-state index in [9.17, 15) is 4.79 Å². The molecule has 1 heterocycles. The summed E-state index contributed by atoms with van der Waals surface area (Å²) < 4.78 is 5.75. The van der Waals surface area contributed by atoms with E-state index in [4.69, 9.17) is 4.74 Å². The van der Waals surface area contributed by atoms with Crippen molar-refractivity contribution in [2.24, 2.45) is 0 Å². The van der Waals surface area contributed by atoms with Crippen LogP contribution in [0.1, 0.15) is 24.8 Å². The second-order valence-corrected chi connectivity index (χ2v) is 5.30. The van der Waals surface area contributed by atoms with Gasteiger partial charge in [0.05, 0.1) is 7.11 Å². The Balaban J connectivity index is 2.85. The zero-order valence-electron chi connectivity index (χ0n) is 8.91. The van der Waals surface area contributed by atoms with Crippen LogP contribution in [-0.4, -0.2) is 19.1 Å². The summed E-state index contributed by atoms with van der Waals surface area (Å²) in [6.07, 6.45) is 0. The third-order valence-electron chi connectivity index (χ3n) is 1.81. The highest BCUT2D eigenvalue weighted by Crippen LogP contribution is 2.26. The van der Waals surface area contributed by atoms with Crippen LogP contribution in [0, 0.1) is 0 Å². The Morgan fingerprint density at radius 1 is 1.60 bits per heavy atom. The van der Waals surface area contributed by atoms with Crippen molar-refractivity contribution >= 4 is 33.2 Å². The van der Waals surface area contributed by atoms with Crippen molar-refractivity contribution < 1.29 is 9.53 Å². The zero-order valence-corrected chi connectivity index (χ0v) is 11.3. The van der Waals surface area contributed by atoms with Gasteiger partial charge in [0.2, 0.25) is 0 Å². The average molecular weight is 292 g/mol. The van der Waals surface area contributed by atoms with E-state index in [1.54, 1.807) is 0 Å². The Hall–Kier alpha value is -0.390. The number of methoxy groups -OCH3 is 1. The van der Waals surface area contributed by atoms with Crippen molar-refractivity contribution in [3.05, 3.63) is 20.8 Å². The van der Waals surface area contributed by atoms with Crippen LogP contribution >= 0.6 is 27.3 Å². The molecule has 1 unspecified atom stereocenters. The molecule has 0 aliphatic rings. The molecule has 3 nitrogen and oxygen atoms in total. The number of ether oxygens (including phenoxy) is 1. The lowest BCUT2D eigenvalue weighted by Gasteiger charge is -2.17. The van der Waals surface area contributed by atoms with Crippen LogP contribution in [0.2, 0.25) is 0 Å². The lowest BCUT2D eigenvalue weighted by atomic mass is 10.2. The third-order valence-corrected chi connectivity index (χ3v) is 3.57. The van der Waals surface area contributed by atoms with E-state index in [1.165, 1.54) is 18.4 Å². The number of carbonyl (C=O) groups is 1. The third kappa shape index (κ3) is 3.59. The molecule has 0 saturated heterocycles. The maximum atomic E-state index is 11.6. The molecule has 15 heavy (non-hydrogen) atoms. The SMILES string of the molecule is COC(=O)C(NC(C)C)c1cc(Br)cs1. The number of rotatable bonds is 4. The van der Waals surface area contributed by atoms with Crippen LogP contribution in [0.4, 0.5) is 0 Å². The molecule has 5 heteroatoms. The topological polar surface area (TPSA) is 38.3 Å². The Morgan fingerprint density at radius 3 is 2.67 bits per heavy atom. The number of hydrogen-bond acceptors (Lipinski definition) is 4. The van der Waals surface area contributed by atoms with Gasteiger partial charge in [0.15, 0.2) is 0 Å². The lowest BCUT2D eigenvalue weighted by Crippen LogP contribution is -2.33. The number of nitrogens with one attached hydrogen (secondary N) is 1. The summed E-state index contributed by atoms with van der Waals surface area (Å²) in [5.74, 6) is -0.252. The van der Waals surface area contributed by atoms with Crippen molar-refractivity contribution in [1.82, 2.24) is 5.32 Å². The van der Waals surface area contributed by atoms with Crippen molar-refractivity contribution in [2.75, 3.05) is 7.11 Å². The number of carbonyl (C=O) groups excluding carboxylic acids is 1. The zero-order chi connectivity index (χ0) is 11.4. The number of hydrogen-bond donors (Lipinski definition) is 1. The molecular formula is C10H14BrNO2S. The van der Waals surface area contributed by atoms with Gasteiger partial charge in [-0.3, -0.25) is 5.32 Å². The summed E-state index contributed by atoms with van der Waals surface area (Å²) in [5.41, 5.74) is 0. The molecule has 0 saturated carbocycles. The maximum Gasteiger partial charge on any atom is 0.328 e. The molecule has 1 N–H and O–H groups in total. The summed E-state index contributed by atoms with van der Waals surface area (Å²) >= 11 is 4.90. The standard InChI is InChI=1S/C10H14BrNO2S/c1-6(2)12-9(10(13)14-3)8-4-7(11)5-15-8/h4-6,9,12H,1-3H3. The smallest absolute Gasteiger partial charge is 0.328 e. The summed E-state index contributed by atoms with van der Waals surface area (Å²) in [5, 5.41) is 5.13. The van der Waals surface area contributed by atoms with E-state index < -0.39 is 0 Å². The van der Waals surface area contributed by atoms with Crippen molar-refractivity contribution in [3.8, 4) is 0 Å². The predicted octanol–water partition coefficient (Wildman–Crippen LogP) is 2.72. The van der Waals surface area contributed by atoms with Gasteiger partial charge in [0.1, 0.15) is 6.04 Å². The Labute approximate surface area is 102 Å². The molecule has 1 aromatic rings. The monoisotopic (exact) mass is 291 g/mol. The molecule has 0 spiro atoms. The van der Waals surface area contributed by atoms with E-state index in [0.717, 1.165) is 9.35 Å². The summed E-state index contributed by atoms with van der Waals surface area (Å²) in [6, 6.07) is 1.79. The van der Waals surface area contributed by atoms with Gasteiger partial charge in [-0.25, -0.2) is 4.79 Å². The second kappa shape index (κ2) is 5.63. The molecule has 0 radical (unpaired) electrons. The van der Waals surface area contributed by atoms with Crippen LogP contribution in [-0.2, 0) is 9.53 Å². The molecule has 1 aromatic heterocycles. The number of esters is 1. The lowest BCUT2D eigenvalue weighted by molar-refractivity contribution is -0.143. The van der Waals surface area contributed by atoms with Crippen LogP contribution in [0.3, 0.4) is 0 Å². The van der Waals surface area contributed by atoms with Crippen LogP contribution in [0.5, 0.6) is 0 Å².